The Labute approximate surface area is 137 Å². The summed E-state index contributed by atoms with van der Waals surface area (Å²) in [6.45, 7) is 0. The number of nitrogens with one attached hydrogen (secondary N) is 2. The summed E-state index contributed by atoms with van der Waals surface area (Å²) in [6, 6.07) is 8.28. The molecule has 5 nitrogen and oxygen atoms in total. The van der Waals surface area contributed by atoms with Crippen LogP contribution >= 0.6 is 0 Å². The van der Waals surface area contributed by atoms with E-state index in [2.05, 4.69) is 10.6 Å². The Morgan fingerprint density at radius 2 is 1.87 bits per heavy atom. The van der Waals surface area contributed by atoms with E-state index in [0.29, 0.717) is 12.5 Å². The van der Waals surface area contributed by atoms with Crippen molar-refractivity contribution in [3.05, 3.63) is 24.3 Å². The molecule has 2 fully saturated rings. The van der Waals surface area contributed by atoms with Crippen LogP contribution in [0.2, 0.25) is 0 Å². The van der Waals surface area contributed by atoms with Gasteiger partial charge in [-0.25, -0.2) is 8.42 Å². The summed E-state index contributed by atoms with van der Waals surface area (Å²) in [6.07, 6.45) is 5.83. The first-order valence-corrected chi connectivity index (χ1v) is 10.2. The highest BCUT2D eigenvalue weighted by atomic mass is 32.2. The molecule has 1 aromatic rings. The van der Waals surface area contributed by atoms with Crippen LogP contribution in [-0.4, -0.2) is 31.9 Å². The molecule has 2 N–H and O–H groups in total. The number of sulfone groups is 1. The summed E-state index contributed by atoms with van der Waals surface area (Å²) in [4.78, 5) is 12.1. The number of carbonyl (C=O) groups is 1. The number of hydrogen-bond acceptors (Lipinski definition) is 4. The van der Waals surface area contributed by atoms with Crippen molar-refractivity contribution in [2.45, 2.75) is 44.6 Å². The topological polar surface area (TPSA) is 75.3 Å². The lowest BCUT2D eigenvalue weighted by Gasteiger charge is -2.15. The predicted octanol–water partition coefficient (Wildman–Crippen LogP) is 2.80. The van der Waals surface area contributed by atoms with Crippen molar-refractivity contribution < 1.29 is 13.2 Å². The van der Waals surface area contributed by atoms with Crippen molar-refractivity contribution in [2.75, 3.05) is 22.1 Å². The molecule has 0 bridgehead atoms. The lowest BCUT2D eigenvalue weighted by Crippen LogP contribution is -2.18. The Balaban J connectivity index is 1.53. The first kappa shape index (κ1) is 16.3. The van der Waals surface area contributed by atoms with Gasteiger partial charge in [-0.1, -0.05) is 18.9 Å². The molecule has 0 aromatic heterocycles. The van der Waals surface area contributed by atoms with E-state index >= 15 is 0 Å². The SMILES string of the molecule is O=C(C[C@@H]1CCS(=O)(=O)C1)Nc1cccc(NC2CCCC2)c1. The molecule has 1 atom stereocenters. The maximum atomic E-state index is 12.1. The first-order chi connectivity index (χ1) is 11.0. The van der Waals surface area contributed by atoms with Gasteiger partial charge in [0.15, 0.2) is 9.84 Å². The molecule has 6 heteroatoms. The maximum Gasteiger partial charge on any atom is 0.224 e. The van der Waals surface area contributed by atoms with Crippen LogP contribution in [0.4, 0.5) is 11.4 Å². The average Bonchev–Trinajstić information content (AvgIpc) is 3.09. The van der Waals surface area contributed by atoms with E-state index in [4.69, 9.17) is 0 Å². The summed E-state index contributed by atoms with van der Waals surface area (Å²) in [5.74, 6) is 0.208. The molecule has 0 radical (unpaired) electrons. The third-order valence-corrected chi connectivity index (χ3v) is 6.51. The lowest BCUT2D eigenvalue weighted by molar-refractivity contribution is -0.116. The van der Waals surface area contributed by atoms with Crippen LogP contribution in [-0.2, 0) is 14.6 Å². The van der Waals surface area contributed by atoms with Gasteiger partial charge in [0.05, 0.1) is 11.5 Å². The minimum atomic E-state index is -2.92. The number of anilines is 2. The van der Waals surface area contributed by atoms with Crippen molar-refractivity contribution in [3.63, 3.8) is 0 Å². The summed E-state index contributed by atoms with van der Waals surface area (Å²) in [7, 11) is -2.92. The molecule has 2 aliphatic rings. The van der Waals surface area contributed by atoms with Crippen LogP contribution < -0.4 is 10.6 Å². The zero-order valence-electron chi connectivity index (χ0n) is 13.3. The Kier molecular flexibility index (Phi) is 4.90. The number of amides is 1. The largest absolute Gasteiger partial charge is 0.382 e. The van der Waals surface area contributed by atoms with Gasteiger partial charge in [-0.05, 0) is 43.4 Å². The van der Waals surface area contributed by atoms with Crippen LogP contribution in [0.15, 0.2) is 24.3 Å². The van der Waals surface area contributed by atoms with E-state index in [1.165, 1.54) is 25.7 Å². The highest BCUT2D eigenvalue weighted by Crippen LogP contribution is 2.25. The monoisotopic (exact) mass is 336 g/mol. The van der Waals surface area contributed by atoms with E-state index in [9.17, 15) is 13.2 Å². The highest BCUT2D eigenvalue weighted by molar-refractivity contribution is 7.91. The zero-order valence-corrected chi connectivity index (χ0v) is 14.1. The van der Waals surface area contributed by atoms with Crippen LogP contribution in [0.3, 0.4) is 0 Å². The lowest BCUT2D eigenvalue weighted by atomic mass is 10.0. The number of carbonyl (C=O) groups excluding carboxylic acids is 1. The van der Waals surface area contributed by atoms with Gasteiger partial charge in [0.2, 0.25) is 5.91 Å². The van der Waals surface area contributed by atoms with Crippen molar-refractivity contribution >= 4 is 27.1 Å². The van der Waals surface area contributed by atoms with E-state index in [0.717, 1.165) is 11.4 Å². The Hall–Kier alpha value is -1.56. The standard InChI is InChI=1S/C17H24N2O3S/c20-17(10-13-8-9-23(21,22)12-13)19-16-7-3-6-15(11-16)18-14-4-1-2-5-14/h3,6-7,11,13-14,18H,1-2,4-5,8-10,12H2,(H,19,20)/t13-/m0/s1. The van der Waals surface area contributed by atoms with Gasteiger partial charge in [0, 0.05) is 23.8 Å². The molecule has 126 valence electrons. The first-order valence-electron chi connectivity index (χ1n) is 8.37. The Morgan fingerprint density at radius 1 is 1.13 bits per heavy atom. The second-order valence-electron chi connectivity index (χ2n) is 6.73. The summed E-state index contributed by atoms with van der Waals surface area (Å²) in [5.41, 5.74) is 1.79. The molecular formula is C17H24N2O3S. The molecule has 1 amide bonds. The van der Waals surface area contributed by atoms with Gasteiger partial charge >= 0.3 is 0 Å². The van der Waals surface area contributed by atoms with Crippen molar-refractivity contribution in [1.82, 2.24) is 0 Å². The van der Waals surface area contributed by atoms with Crippen molar-refractivity contribution in [1.29, 1.82) is 0 Å². The normalized spacial score (nSPS) is 23.7. The quantitative estimate of drug-likeness (QED) is 0.867. The molecule has 0 spiro atoms. The smallest absolute Gasteiger partial charge is 0.224 e. The molecule has 0 unspecified atom stereocenters. The minimum absolute atomic E-state index is 0.0419. The molecule has 23 heavy (non-hydrogen) atoms. The third kappa shape index (κ3) is 4.70. The van der Waals surface area contributed by atoms with Crippen LogP contribution in [0, 0.1) is 5.92 Å². The predicted molar refractivity (Wildman–Crippen MR) is 92.3 cm³/mol. The second kappa shape index (κ2) is 6.91. The number of benzene rings is 1. The molecule has 1 aliphatic heterocycles. The fraction of sp³-hybridized carbons (Fsp3) is 0.588. The molecule has 1 aromatic carbocycles. The zero-order chi connectivity index (χ0) is 16.3. The third-order valence-electron chi connectivity index (χ3n) is 4.67. The molecule has 1 aliphatic carbocycles. The van der Waals surface area contributed by atoms with E-state index in [-0.39, 0.29) is 29.8 Å². The van der Waals surface area contributed by atoms with Crippen LogP contribution in [0.25, 0.3) is 0 Å². The van der Waals surface area contributed by atoms with E-state index in [1.807, 2.05) is 24.3 Å². The fourth-order valence-corrected chi connectivity index (χ4v) is 5.36. The van der Waals surface area contributed by atoms with Gasteiger partial charge in [-0.15, -0.1) is 0 Å². The van der Waals surface area contributed by atoms with Crippen LogP contribution in [0.5, 0.6) is 0 Å². The second-order valence-corrected chi connectivity index (χ2v) is 8.96. The average molecular weight is 336 g/mol. The van der Waals surface area contributed by atoms with Crippen LogP contribution in [0.1, 0.15) is 38.5 Å². The summed E-state index contributed by atoms with van der Waals surface area (Å²) >= 11 is 0. The Morgan fingerprint density at radius 3 is 2.57 bits per heavy atom. The molecule has 1 saturated heterocycles. The minimum Gasteiger partial charge on any atom is -0.382 e. The number of hydrogen-bond donors (Lipinski definition) is 2. The molecule has 1 saturated carbocycles. The molecule has 3 rings (SSSR count). The van der Waals surface area contributed by atoms with E-state index in [1.54, 1.807) is 0 Å². The van der Waals surface area contributed by atoms with E-state index < -0.39 is 9.84 Å². The molecule has 1 heterocycles. The maximum absolute atomic E-state index is 12.1. The number of rotatable bonds is 5. The van der Waals surface area contributed by atoms with Gasteiger partial charge in [0.25, 0.3) is 0 Å². The highest BCUT2D eigenvalue weighted by Gasteiger charge is 2.29. The van der Waals surface area contributed by atoms with Gasteiger partial charge < -0.3 is 10.6 Å². The van der Waals surface area contributed by atoms with Gasteiger partial charge in [0.1, 0.15) is 0 Å². The molecular weight excluding hydrogens is 312 g/mol. The summed E-state index contributed by atoms with van der Waals surface area (Å²) < 4.78 is 22.9. The summed E-state index contributed by atoms with van der Waals surface area (Å²) in [5, 5.41) is 6.40. The van der Waals surface area contributed by atoms with Gasteiger partial charge in [-0.2, -0.15) is 0 Å². The van der Waals surface area contributed by atoms with Crippen molar-refractivity contribution in [3.8, 4) is 0 Å². The van der Waals surface area contributed by atoms with Crippen molar-refractivity contribution in [2.24, 2.45) is 5.92 Å². The Bertz CT molecular complexity index is 666. The van der Waals surface area contributed by atoms with Gasteiger partial charge in [-0.3, -0.25) is 4.79 Å². The fourth-order valence-electron chi connectivity index (χ4n) is 3.50.